The molecule has 0 aliphatic carbocycles. The molecule has 1 rings (SSSR count). The second-order valence-electron chi connectivity index (χ2n) is 3.00. The summed E-state index contributed by atoms with van der Waals surface area (Å²) in [5, 5.41) is 0.0887. The van der Waals surface area contributed by atoms with E-state index in [-0.39, 0.29) is 15.6 Å². The quantitative estimate of drug-likeness (QED) is 0.775. The maximum atomic E-state index is 13.4. The van der Waals surface area contributed by atoms with Gasteiger partial charge in [0.2, 0.25) is 0 Å². The van der Waals surface area contributed by atoms with Crippen molar-refractivity contribution in [2.45, 2.75) is 18.2 Å². The van der Waals surface area contributed by atoms with Crippen LogP contribution in [-0.4, -0.2) is 10.6 Å². The number of carbonyl (C=O) groups excluding carboxylic acids is 1. The molecule has 1 aromatic carbocycles. The number of ketones is 1. The minimum Gasteiger partial charge on any atom is -0.299 e. The molecular formula is C10H9BrClFO. The van der Waals surface area contributed by atoms with Gasteiger partial charge >= 0.3 is 0 Å². The minimum absolute atomic E-state index is 0.0237. The van der Waals surface area contributed by atoms with Gasteiger partial charge in [-0.25, -0.2) is 4.39 Å². The normalized spacial score (nSPS) is 12.6. The van der Waals surface area contributed by atoms with Gasteiger partial charge in [0.1, 0.15) is 11.6 Å². The predicted molar refractivity (Wildman–Crippen MR) is 58.5 cm³/mol. The van der Waals surface area contributed by atoms with Crippen LogP contribution in [0, 0.1) is 5.82 Å². The molecular weight excluding hydrogens is 270 g/mol. The summed E-state index contributed by atoms with van der Waals surface area (Å²) in [7, 11) is 0. The van der Waals surface area contributed by atoms with Crippen molar-refractivity contribution in [1.29, 1.82) is 0 Å². The Morgan fingerprint density at radius 1 is 1.64 bits per heavy atom. The van der Waals surface area contributed by atoms with Crippen LogP contribution in [0.2, 0.25) is 5.02 Å². The molecule has 0 spiro atoms. The molecule has 1 atom stereocenters. The van der Waals surface area contributed by atoms with Crippen molar-refractivity contribution in [3.8, 4) is 0 Å². The van der Waals surface area contributed by atoms with Crippen LogP contribution in [0.15, 0.2) is 18.2 Å². The summed E-state index contributed by atoms with van der Waals surface area (Å²) in [6.45, 7) is 1.46. The van der Waals surface area contributed by atoms with Crippen LogP contribution in [0.5, 0.6) is 0 Å². The van der Waals surface area contributed by atoms with Gasteiger partial charge in [0, 0.05) is 0 Å². The minimum atomic E-state index is -0.445. The molecule has 0 bridgehead atoms. The van der Waals surface area contributed by atoms with Crippen LogP contribution in [0.4, 0.5) is 4.39 Å². The van der Waals surface area contributed by atoms with E-state index in [0.717, 1.165) is 0 Å². The molecule has 0 radical (unpaired) electrons. The SMILES string of the molecule is CC(=O)C(Br)Cc1cccc(Cl)c1F. The van der Waals surface area contributed by atoms with E-state index in [1.807, 2.05) is 0 Å². The van der Waals surface area contributed by atoms with Crippen molar-refractivity contribution in [2.24, 2.45) is 0 Å². The van der Waals surface area contributed by atoms with Crippen LogP contribution in [0.3, 0.4) is 0 Å². The molecule has 1 aromatic rings. The molecule has 4 heteroatoms. The first-order chi connectivity index (χ1) is 6.52. The number of hydrogen-bond donors (Lipinski definition) is 0. The lowest BCUT2D eigenvalue weighted by atomic mass is 10.1. The number of Topliss-reactive ketones (excluding diaryl/α,β-unsaturated/α-hetero) is 1. The third kappa shape index (κ3) is 2.79. The average molecular weight is 280 g/mol. The molecule has 76 valence electrons. The summed E-state index contributed by atoms with van der Waals surface area (Å²) < 4.78 is 13.4. The Bertz CT molecular complexity index is 354. The predicted octanol–water partition coefficient (Wildman–Crippen LogP) is 3.37. The highest BCUT2D eigenvalue weighted by Gasteiger charge is 2.14. The standard InChI is InChI=1S/C10H9BrClFO/c1-6(14)8(11)5-7-3-2-4-9(12)10(7)13/h2-4,8H,5H2,1H3. The fourth-order valence-electron chi connectivity index (χ4n) is 1.04. The highest BCUT2D eigenvalue weighted by atomic mass is 79.9. The second-order valence-corrected chi connectivity index (χ2v) is 4.51. The van der Waals surface area contributed by atoms with Gasteiger partial charge in [0.05, 0.1) is 9.85 Å². The van der Waals surface area contributed by atoms with Crippen molar-refractivity contribution in [1.82, 2.24) is 0 Å². The average Bonchev–Trinajstić information content (AvgIpc) is 2.12. The maximum Gasteiger partial charge on any atom is 0.145 e. The van der Waals surface area contributed by atoms with E-state index in [1.54, 1.807) is 12.1 Å². The Kier molecular flexibility index (Phi) is 4.08. The monoisotopic (exact) mass is 278 g/mol. The van der Waals surface area contributed by atoms with Crippen molar-refractivity contribution >= 4 is 33.3 Å². The summed E-state index contributed by atoms with van der Waals surface area (Å²) >= 11 is 8.78. The Labute approximate surface area is 95.4 Å². The number of benzene rings is 1. The van der Waals surface area contributed by atoms with Crippen LogP contribution in [0.25, 0.3) is 0 Å². The summed E-state index contributed by atoms with van der Waals surface area (Å²) in [5.41, 5.74) is 0.453. The zero-order valence-electron chi connectivity index (χ0n) is 7.56. The lowest BCUT2D eigenvalue weighted by molar-refractivity contribution is -0.116. The molecule has 0 saturated carbocycles. The number of alkyl halides is 1. The zero-order chi connectivity index (χ0) is 10.7. The van der Waals surface area contributed by atoms with Crippen molar-refractivity contribution in [2.75, 3.05) is 0 Å². The molecule has 0 fully saturated rings. The van der Waals surface area contributed by atoms with Gasteiger partial charge in [0.25, 0.3) is 0 Å². The molecule has 0 aliphatic heterocycles. The fourth-order valence-corrected chi connectivity index (χ4v) is 1.59. The topological polar surface area (TPSA) is 17.1 Å². The van der Waals surface area contributed by atoms with E-state index in [4.69, 9.17) is 11.6 Å². The number of hydrogen-bond acceptors (Lipinski definition) is 1. The Morgan fingerprint density at radius 2 is 2.29 bits per heavy atom. The molecule has 14 heavy (non-hydrogen) atoms. The first-order valence-corrected chi connectivity index (χ1v) is 5.39. The fraction of sp³-hybridized carbons (Fsp3) is 0.300. The maximum absolute atomic E-state index is 13.4. The number of halogens is 3. The van der Waals surface area contributed by atoms with E-state index < -0.39 is 5.82 Å². The highest BCUT2D eigenvalue weighted by molar-refractivity contribution is 9.10. The first kappa shape index (κ1) is 11.7. The summed E-state index contributed by atoms with van der Waals surface area (Å²) in [4.78, 5) is 10.6. The van der Waals surface area contributed by atoms with Gasteiger partial charge in [-0.15, -0.1) is 0 Å². The largest absolute Gasteiger partial charge is 0.299 e. The molecule has 0 amide bonds. The van der Waals surface area contributed by atoms with Crippen molar-refractivity contribution in [3.63, 3.8) is 0 Å². The first-order valence-electron chi connectivity index (χ1n) is 4.09. The van der Waals surface area contributed by atoms with Gasteiger partial charge in [-0.3, -0.25) is 4.79 Å². The lowest BCUT2D eigenvalue weighted by Crippen LogP contribution is -2.13. The zero-order valence-corrected chi connectivity index (χ0v) is 9.90. The number of rotatable bonds is 3. The number of carbonyl (C=O) groups is 1. The molecule has 0 aromatic heterocycles. The highest BCUT2D eigenvalue weighted by Crippen LogP contribution is 2.20. The third-order valence-corrected chi connectivity index (χ3v) is 3.13. The third-order valence-electron chi connectivity index (χ3n) is 1.87. The summed E-state index contributed by atoms with van der Waals surface area (Å²) in [6.07, 6.45) is 0.321. The lowest BCUT2D eigenvalue weighted by Gasteiger charge is -2.07. The van der Waals surface area contributed by atoms with Crippen LogP contribution >= 0.6 is 27.5 Å². The van der Waals surface area contributed by atoms with E-state index >= 15 is 0 Å². The van der Waals surface area contributed by atoms with E-state index in [1.165, 1.54) is 13.0 Å². The summed E-state index contributed by atoms with van der Waals surface area (Å²) in [5.74, 6) is -0.468. The van der Waals surface area contributed by atoms with Crippen LogP contribution in [-0.2, 0) is 11.2 Å². The van der Waals surface area contributed by atoms with E-state index in [0.29, 0.717) is 12.0 Å². The van der Waals surface area contributed by atoms with Crippen LogP contribution < -0.4 is 0 Å². The van der Waals surface area contributed by atoms with Gasteiger partial charge in [-0.05, 0) is 25.0 Å². The Balaban J connectivity index is 2.87. The molecule has 1 unspecified atom stereocenters. The molecule has 0 heterocycles. The smallest absolute Gasteiger partial charge is 0.145 e. The molecule has 1 nitrogen and oxygen atoms in total. The second kappa shape index (κ2) is 4.89. The summed E-state index contributed by atoms with van der Waals surface area (Å²) in [6, 6.07) is 4.77. The van der Waals surface area contributed by atoms with Gasteiger partial charge < -0.3 is 0 Å². The van der Waals surface area contributed by atoms with Gasteiger partial charge in [-0.2, -0.15) is 0 Å². The molecule has 0 aliphatic rings. The molecule has 0 N–H and O–H groups in total. The van der Waals surface area contributed by atoms with Crippen molar-refractivity contribution < 1.29 is 9.18 Å². The molecule has 0 saturated heterocycles. The van der Waals surface area contributed by atoms with Gasteiger partial charge in [-0.1, -0.05) is 39.7 Å². The van der Waals surface area contributed by atoms with Gasteiger partial charge in [0.15, 0.2) is 0 Å². The van der Waals surface area contributed by atoms with Crippen LogP contribution in [0.1, 0.15) is 12.5 Å². The van der Waals surface area contributed by atoms with Crippen molar-refractivity contribution in [3.05, 3.63) is 34.6 Å². The Hall–Kier alpha value is -0.410. The van der Waals surface area contributed by atoms with E-state index in [9.17, 15) is 9.18 Å². The van der Waals surface area contributed by atoms with E-state index in [2.05, 4.69) is 15.9 Å². The Morgan fingerprint density at radius 3 is 2.86 bits per heavy atom.